The second-order valence-electron chi connectivity index (χ2n) is 8.13. The lowest BCUT2D eigenvalue weighted by Gasteiger charge is -2.20. The van der Waals surface area contributed by atoms with E-state index in [0.29, 0.717) is 5.56 Å². The average molecular weight is 385 g/mol. The molecule has 1 amide bonds. The van der Waals surface area contributed by atoms with Crippen molar-refractivity contribution in [3.8, 4) is 0 Å². The maximum absolute atomic E-state index is 14.0. The Morgan fingerprint density at radius 1 is 1.25 bits per heavy atom. The summed E-state index contributed by atoms with van der Waals surface area (Å²) in [5, 5.41) is 6.46. The highest BCUT2D eigenvalue weighted by molar-refractivity contribution is 5.78. The zero-order valence-corrected chi connectivity index (χ0v) is 16.0. The summed E-state index contributed by atoms with van der Waals surface area (Å²) in [4.78, 5) is 17.3. The molecule has 2 aliphatic rings. The molecule has 0 aliphatic heterocycles. The molecule has 4 rings (SSSR count). The first kappa shape index (κ1) is 18.8. The maximum atomic E-state index is 14.0. The van der Waals surface area contributed by atoms with Crippen LogP contribution in [0.2, 0.25) is 0 Å². The molecule has 1 aromatic carbocycles. The van der Waals surface area contributed by atoms with E-state index in [1.54, 1.807) is 6.92 Å². The fourth-order valence-electron chi connectivity index (χ4n) is 3.55. The number of halogens is 2. The highest BCUT2D eigenvalue weighted by atomic mass is 19.1. The molecule has 1 aromatic heterocycles. The predicted molar refractivity (Wildman–Crippen MR) is 104 cm³/mol. The molecule has 0 unspecified atom stereocenters. The third-order valence-corrected chi connectivity index (χ3v) is 5.62. The average Bonchev–Trinajstić information content (AvgIpc) is 3.56. The van der Waals surface area contributed by atoms with Gasteiger partial charge in [-0.25, -0.2) is 13.8 Å². The summed E-state index contributed by atoms with van der Waals surface area (Å²) in [6, 6.07) is 9.34. The number of hydrogen-bond acceptors (Lipinski definition) is 3. The van der Waals surface area contributed by atoms with Crippen LogP contribution in [-0.4, -0.2) is 17.4 Å². The van der Waals surface area contributed by atoms with Crippen LogP contribution in [0.15, 0.2) is 36.4 Å². The molecule has 4 nitrogen and oxygen atoms in total. The summed E-state index contributed by atoms with van der Waals surface area (Å²) in [6.07, 6.45) is 4.39. The molecule has 148 valence electrons. The second kappa shape index (κ2) is 7.49. The molecule has 1 atom stereocenters. The van der Waals surface area contributed by atoms with Crippen LogP contribution in [-0.2, 0) is 10.3 Å². The first-order chi connectivity index (χ1) is 13.4. The van der Waals surface area contributed by atoms with Gasteiger partial charge in [-0.05, 0) is 61.3 Å². The lowest BCUT2D eigenvalue weighted by molar-refractivity contribution is -0.122. The minimum absolute atomic E-state index is 0.143. The summed E-state index contributed by atoms with van der Waals surface area (Å²) >= 11 is 0. The molecule has 2 fully saturated rings. The Kier molecular flexibility index (Phi) is 5.04. The molecule has 0 radical (unpaired) electrons. The number of benzene rings is 1. The van der Waals surface area contributed by atoms with Gasteiger partial charge < -0.3 is 10.6 Å². The zero-order valence-electron chi connectivity index (χ0n) is 16.0. The van der Waals surface area contributed by atoms with Gasteiger partial charge in [0, 0.05) is 19.0 Å². The molecule has 2 N–H and O–H groups in total. The van der Waals surface area contributed by atoms with Crippen molar-refractivity contribution in [1.82, 2.24) is 10.3 Å². The molecular weight excluding hydrogens is 360 g/mol. The molecule has 0 spiro atoms. The highest BCUT2D eigenvalue weighted by Gasteiger charge is 2.47. The number of hydrogen-bond donors (Lipinski definition) is 2. The van der Waals surface area contributed by atoms with Gasteiger partial charge in [0.25, 0.3) is 0 Å². The molecular formula is C22H25F2N3O. The topological polar surface area (TPSA) is 54.0 Å². The van der Waals surface area contributed by atoms with Crippen molar-refractivity contribution in [3.63, 3.8) is 0 Å². The molecule has 1 heterocycles. The monoisotopic (exact) mass is 385 g/mol. The van der Waals surface area contributed by atoms with Gasteiger partial charge in [0.2, 0.25) is 5.91 Å². The molecule has 2 saturated carbocycles. The van der Waals surface area contributed by atoms with Gasteiger partial charge in [-0.2, -0.15) is 0 Å². The van der Waals surface area contributed by atoms with Crippen LogP contribution in [0.3, 0.4) is 0 Å². The number of anilines is 1. The minimum Gasteiger partial charge on any atom is -0.370 e. The van der Waals surface area contributed by atoms with Gasteiger partial charge in [0.1, 0.15) is 17.5 Å². The van der Waals surface area contributed by atoms with Crippen LogP contribution in [0, 0.1) is 17.6 Å². The van der Waals surface area contributed by atoms with E-state index in [1.165, 1.54) is 25.0 Å². The number of amides is 1. The van der Waals surface area contributed by atoms with Crippen LogP contribution in [0.1, 0.15) is 56.2 Å². The molecule has 6 heteroatoms. The van der Waals surface area contributed by atoms with Crippen molar-refractivity contribution in [2.45, 2.75) is 50.5 Å². The predicted octanol–water partition coefficient (Wildman–Crippen LogP) is 4.48. The van der Waals surface area contributed by atoms with Crippen LogP contribution in [0.4, 0.5) is 14.6 Å². The molecule has 0 saturated heterocycles. The largest absolute Gasteiger partial charge is 0.370 e. The van der Waals surface area contributed by atoms with E-state index in [2.05, 4.69) is 10.6 Å². The van der Waals surface area contributed by atoms with Crippen molar-refractivity contribution < 1.29 is 13.6 Å². The summed E-state index contributed by atoms with van der Waals surface area (Å²) in [7, 11) is 0. The SMILES string of the molecule is C[C@@H](CC(=O)NC1(c2cccc(NCC3CC3)n2)CC1)c1ccc(F)cc1F. The van der Waals surface area contributed by atoms with E-state index >= 15 is 0 Å². The number of nitrogens with zero attached hydrogens (tertiary/aromatic N) is 1. The van der Waals surface area contributed by atoms with Crippen LogP contribution < -0.4 is 10.6 Å². The summed E-state index contributed by atoms with van der Waals surface area (Å²) in [6.45, 7) is 2.71. The van der Waals surface area contributed by atoms with Gasteiger partial charge in [-0.3, -0.25) is 4.79 Å². The molecule has 2 aliphatic carbocycles. The molecule has 28 heavy (non-hydrogen) atoms. The Balaban J connectivity index is 1.39. The van der Waals surface area contributed by atoms with E-state index < -0.39 is 17.2 Å². The van der Waals surface area contributed by atoms with Gasteiger partial charge in [0.15, 0.2) is 0 Å². The van der Waals surface area contributed by atoms with Gasteiger partial charge in [0.05, 0.1) is 11.2 Å². The van der Waals surface area contributed by atoms with E-state index in [4.69, 9.17) is 4.98 Å². The fourth-order valence-corrected chi connectivity index (χ4v) is 3.55. The lowest BCUT2D eigenvalue weighted by atomic mass is 9.96. The second-order valence-corrected chi connectivity index (χ2v) is 8.13. The Labute approximate surface area is 163 Å². The van der Waals surface area contributed by atoms with E-state index in [1.807, 2.05) is 18.2 Å². The third-order valence-electron chi connectivity index (χ3n) is 5.62. The zero-order chi connectivity index (χ0) is 19.7. The van der Waals surface area contributed by atoms with Gasteiger partial charge >= 0.3 is 0 Å². The first-order valence-electron chi connectivity index (χ1n) is 9.92. The van der Waals surface area contributed by atoms with E-state index in [9.17, 15) is 13.6 Å². The third kappa shape index (κ3) is 4.32. The van der Waals surface area contributed by atoms with Crippen molar-refractivity contribution in [1.29, 1.82) is 0 Å². The van der Waals surface area contributed by atoms with Gasteiger partial charge in [-0.15, -0.1) is 0 Å². The fraction of sp³-hybridized carbons (Fsp3) is 0.455. The quantitative estimate of drug-likeness (QED) is 0.704. The summed E-state index contributed by atoms with van der Waals surface area (Å²) in [5.41, 5.74) is 0.795. The summed E-state index contributed by atoms with van der Waals surface area (Å²) in [5.74, 6) is -0.114. The molecule has 0 bridgehead atoms. The van der Waals surface area contributed by atoms with Crippen LogP contribution >= 0.6 is 0 Å². The Bertz CT molecular complexity index is 878. The first-order valence-corrected chi connectivity index (χ1v) is 9.92. The number of aromatic nitrogens is 1. The highest BCUT2D eigenvalue weighted by Crippen LogP contribution is 2.45. The van der Waals surface area contributed by atoms with Crippen molar-refractivity contribution in [3.05, 3.63) is 59.3 Å². The smallest absolute Gasteiger partial charge is 0.221 e. The molecule has 2 aromatic rings. The van der Waals surface area contributed by atoms with Gasteiger partial charge in [-0.1, -0.05) is 19.1 Å². The van der Waals surface area contributed by atoms with Crippen molar-refractivity contribution in [2.75, 3.05) is 11.9 Å². The lowest BCUT2D eigenvalue weighted by Crippen LogP contribution is -2.36. The van der Waals surface area contributed by atoms with E-state index in [0.717, 1.165) is 42.9 Å². The number of pyridine rings is 1. The Morgan fingerprint density at radius 3 is 2.71 bits per heavy atom. The minimum atomic E-state index is -0.615. The Hall–Kier alpha value is -2.50. The van der Waals surface area contributed by atoms with Crippen molar-refractivity contribution in [2.24, 2.45) is 5.92 Å². The van der Waals surface area contributed by atoms with Crippen LogP contribution in [0.25, 0.3) is 0 Å². The summed E-state index contributed by atoms with van der Waals surface area (Å²) < 4.78 is 27.1. The number of rotatable bonds is 8. The number of carbonyl (C=O) groups excluding carboxylic acids is 1. The van der Waals surface area contributed by atoms with E-state index in [-0.39, 0.29) is 18.2 Å². The van der Waals surface area contributed by atoms with Crippen LogP contribution in [0.5, 0.6) is 0 Å². The maximum Gasteiger partial charge on any atom is 0.221 e. The number of nitrogens with one attached hydrogen (secondary N) is 2. The number of carbonyl (C=O) groups is 1. The normalized spacial score (nSPS) is 18.4. The van der Waals surface area contributed by atoms with Crippen molar-refractivity contribution >= 4 is 11.7 Å². The Morgan fingerprint density at radius 2 is 2.04 bits per heavy atom. The standard InChI is InChI=1S/C22H25F2N3O/c1-14(17-8-7-16(23)12-18(17)24)11-21(28)27-22(9-10-22)19-3-2-4-20(26-19)25-13-15-5-6-15/h2-4,7-8,12,14-15H,5-6,9-11,13H2,1H3,(H,25,26)(H,27,28)/t14-/m0/s1.